The van der Waals surface area contributed by atoms with Crippen LogP contribution in [-0.2, 0) is 13.1 Å². The molecular formula is C21H25NO2. The molecule has 0 aliphatic rings. The van der Waals surface area contributed by atoms with Crippen LogP contribution in [0, 0.1) is 5.92 Å². The van der Waals surface area contributed by atoms with Gasteiger partial charge < -0.3 is 14.5 Å². The number of hydrogen-bond donors (Lipinski definition) is 1. The van der Waals surface area contributed by atoms with Gasteiger partial charge in [-0.2, -0.15) is 0 Å². The Morgan fingerprint density at radius 3 is 2.67 bits per heavy atom. The number of nitrogens with one attached hydrogen (secondary N) is 1. The van der Waals surface area contributed by atoms with Crippen molar-refractivity contribution in [3.05, 3.63) is 66.1 Å². The zero-order valence-corrected chi connectivity index (χ0v) is 14.4. The van der Waals surface area contributed by atoms with Crippen molar-refractivity contribution < 1.29 is 9.15 Å². The van der Waals surface area contributed by atoms with Crippen molar-refractivity contribution in [1.82, 2.24) is 5.32 Å². The molecule has 0 aliphatic carbocycles. The monoisotopic (exact) mass is 323 g/mol. The second-order valence-corrected chi connectivity index (χ2v) is 6.48. The number of hydrogen-bond acceptors (Lipinski definition) is 3. The predicted molar refractivity (Wildman–Crippen MR) is 98.1 cm³/mol. The topological polar surface area (TPSA) is 34.4 Å². The highest BCUT2D eigenvalue weighted by molar-refractivity contribution is 5.87. The number of rotatable bonds is 8. The maximum Gasteiger partial charge on any atom is 0.124 e. The molecule has 0 radical (unpaired) electrons. The van der Waals surface area contributed by atoms with Gasteiger partial charge in [-0.3, -0.25) is 0 Å². The Hall–Kier alpha value is -2.26. The molecule has 0 fully saturated rings. The highest BCUT2D eigenvalue weighted by Gasteiger charge is 2.09. The first-order chi connectivity index (χ1) is 11.7. The highest BCUT2D eigenvalue weighted by atomic mass is 16.5. The Balaban J connectivity index is 1.78. The van der Waals surface area contributed by atoms with Crippen LogP contribution in [0.2, 0.25) is 0 Å². The van der Waals surface area contributed by atoms with Gasteiger partial charge in [0.2, 0.25) is 0 Å². The average Bonchev–Trinajstić information content (AvgIpc) is 3.09. The first-order valence-corrected chi connectivity index (χ1v) is 8.60. The molecule has 3 heteroatoms. The van der Waals surface area contributed by atoms with Crippen molar-refractivity contribution in [2.45, 2.75) is 33.4 Å². The molecule has 0 unspecified atom stereocenters. The molecule has 126 valence electrons. The largest absolute Gasteiger partial charge is 0.493 e. The van der Waals surface area contributed by atoms with Crippen molar-refractivity contribution in [2.75, 3.05) is 6.61 Å². The maximum absolute atomic E-state index is 6.08. The molecule has 1 heterocycles. The van der Waals surface area contributed by atoms with Gasteiger partial charge in [-0.1, -0.05) is 44.2 Å². The first-order valence-electron chi connectivity index (χ1n) is 8.60. The van der Waals surface area contributed by atoms with E-state index in [9.17, 15) is 0 Å². The van der Waals surface area contributed by atoms with Crippen LogP contribution in [-0.4, -0.2) is 6.61 Å². The van der Waals surface area contributed by atoms with E-state index >= 15 is 0 Å². The van der Waals surface area contributed by atoms with Gasteiger partial charge in [-0.05, 0) is 41.3 Å². The number of furan rings is 1. The lowest BCUT2D eigenvalue weighted by Crippen LogP contribution is -2.14. The standard InChI is InChI=1S/C21H25NO2/c1-16(2)11-13-24-21-10-9-17-6-3-4-8-19(17)20(21)15-22-14-18-7-5-12-23-18/h3-10,12,16,22H,11,13-15H2,1-2H3. The van der Waals surface area contributed by atoms with E-state index in [0.717, 1.165) is 31.1 Å². The Labute approximate surface area is 143 Å². The van der Waals surface area contributed by atoms with E-state index < -0.39 is 0 Å². The third kappa shape index (κ3) is 4.18. The smallest absolute Gasteiger partial charge is 0.124 e. The summed E-state index contributed by atoms with van der Waals surface area (Å²) in [5.74, 6) is 2.56. The fourth-order valence-electron chi connectivity index (χ4n) is 2.76. The van der Waals surface area contributed by atoms with E-state index in [1.165, 1.54) is 16.3 Å². The summed E-state index contributed by atoms with van der Waals surface area (Å²) in [7, 11) is 0. The van der Waals surface area contributed by atoms with E-state index in [-0.39, 0.29) is 0 Å². The molecule has 0 amide bonds. The molecule has 0 bridgehead atoms. The summed E-state index contributed by atoms with van der Waals surface area (Å²) in [5, 5.41) is 5.94. The van der Waals surface area contributed by atoms with Crippen molar-refractivity contribution in [3.8, 4) is 5.75 Å². The number of benzene rings is 2. The predicted octanol–water partition coefficient (Wildman–Crippen LogP) is 5.15. The second kappa shape index (κ2) is 8.02. The summed E-state index contributed by atoms with van der Waals surface area (Å²) in [5.41, 5.74) is 1.21. The molecule has 2 aromatic carbocycles. The van der Waals surface area contributed by atoms with Gasteiger partial charge in [0.05, 0.1) is 19.4 Å². The summed E-state index contributed by atoms with van der Waals surface area (Å²) in [4.78, 5) is 0. The number of fused-ring (bicyclic) bond motifs is 1. The number of ether oxygens (including phenoxy) is 1. The minimum Gasteiger partial charge on any atom is -0.493 e. The molecule has 0 saturated heterocycles. The fraction of sp³-hybridized carbons (Fsp3) is 0.333. The van der Waals surface area contributed by atoms with E-state index in [1.807, 2.05) is 12.1 Å². The molecule has 3 aromatic rings. The van der Waals surface area contributed by atoms with Gasteiger partial charge in [0, 0.05) is 12.1 Å². The van der Waals surface area contributed by atoms with Crippen LogP contribution < -0.4 is 10.1 Å². The van der Waals surface area contributed by atoms with Gasteiger partial charge in [0.15, 0.2) is 0 Å². The summed E-state index contributed by atoms with van der Waals surface area (Å²) >= 11 is 0. The van der Waals surface area contributed by atoms with Crippen molar-refractivity contribution in [1.29, 1.82) is 0 Å². The van der Waals surface area contributed by atoms with Gasteiger partial charge in [0.25, 0.3) is 0 Å². The van der Waals surface area contributed by atoms with E-state index in [1.54, 1.807) is 6.26 Å². The van der Waals surface area contributed by atoms with Crippen LogP contribution in [0.4, 0.5) is 0 Å². The summed E-state index contributed by atoms with van der Waals surface area (Å²) < 4.78 is 11.5. The minimum absolute atomic E-state index is 0.644. The normalized spacial score (nSPS) is 11.3. The van der Waals surface area contributed by atoms with Gasteiger partial charge >= 0.3 is 0 Å². The molecule has 0 saturated carbocycles. The van der Waals surface area contributed by atoms with E-state index in [4.69, 9.17) is 9.15 Å². The molecule has 1 aromatic heterocycles. The van der Waals surface area contributed by atoms with Crippen LogP contribution in [0.25, 0.3) is 10.8 Å². The maximum atomic E-state index is 6.08. The van der Waals surface area contributed by atoms with Gasteiger partial charge in [-0.15, -0.1) is 0 Å². The van der Waals surface area contributed by atoms with Crippen molar-refractivity contribution in [2.24, 2.45) is 5.92 Å². The zero-order chi connectivity index (χ0) is 16.8. The molecule has 0 spiro atoms. The quantitative estimate of drug-likeness (QED) is 0.622. The lowest BCUT2D eigenvalue weighted by Gasteiger charge is -2.15. The Morgan fingerprint density at radius 2 is 1.88 bits per heavy atom. The molecule has 0 aliphatic heterocycles. The Bertz CT molecular complexity index is 763. The van der Waals surface area contributed by atoms with E-state index in [2.05, 4.69) is 55.6 Å². The van der Waals surface area contributed by atoms with E-state index in [0.29, 0.717) is 12.5 Å². The average molecular weight is 323 g/mol. The third-order valence-electron chi connectivity index (χ3n) is 4.13. The SMILES string of the molecule is CC(C)CCOc1ccc2ccccc2c1CNCc1ccco1. The summed E-state index contributed by atoms with van der Waals surface area (Å²) in [6.07, 6.45) is 2.77. The van der Waals surface area contributed by atoms with Gasteiger partial charge in [-0.25, -0.2) is 0 Å². The fourth-order valence-corrected chi connectivity index (χ4v) is 2.76. The highest BCUT2D eigenvalue weighted by Crippen LogP contribution is 2.28. The van der Waals surface area contributed by atoms with Crippen molar-refractivity contribution >= 4 is 10.8 Å². The Kier molecular flexibility index (Phi) is 5.55. The van der Waals surface area contributed by atoms with Crippen LogP contribution in [0.15, 0.2) is 59.2 Å². The molecule has 3 rings (SSSR count). The second-order valence-electron chi connectivity index (χ2n) is 6.48. The van der Waals surface area contributed by atoms with Crippen molar-refractivity contribution in [3.63, 3.8) is 0 Å². The molecule has 3 nitrogen and oxygen atoms in total. The van der Waals surface area contributed by atoms with Crippen LogP contribution >= 0.6 is 0 Å². The third-order valence-corrected chi connectivity index (χ3v) is 4.13. The van der Waals surface area contributed by atoms with Crippen LogP contribution in [0.1, 0.15) is 31.6 Å². The molecule has 24 heavy (non-hydrogen) atoms. The lowest BCUT2D eigenvalue weighted by molar-refractivity contribution is 0.286. The van der Waals surface area contributed by atoms with Gasteiger partial charge in [0.1, 0.15) is 11.5 Å². The molecular weight excluding hydrogens is 298 g/mol. The summed E-state index contributed by atoms with van der Waals surface area (Å²) in [6, 6.07) is 16.6. The zero-order valence-electron chi connectivity index (χ0n) is 14.4. The Morgan fingerprint density at radius 1 is 1.00 bits per heavy atom. The van der Waals surface area contributed by atoms with Crippen LogP contribution in [0.5, 0.6) is 5.75 Å². The van der Waals surface area contributed by atoms with Crippen LogP contribution in [0.3, 0.4) is 0 Å². The molecule has 1 N–H and O–H groups in total. The lowest BCUT2D eigenvalue weighted by atomic mass is 10.0. The molecule has 0 atom stereocenters. The first kappa shape index (κ1) is 16.6. The minimum atomic E-state index is 0.644. The summed E-state index contributed by atoms with van der Waals surface area (Å²) in [6.45, 7) is 6.65.